The van der Waals surface area contributed by atoms with Crippen molar-refractivity contribution in [1.82, 2.24) is 9.80 Å². The van der Waals surface area contributed by atoms with Crippen molar-refractivity contribution in [2.75, 3.05) is 19.6 Å². The lowest BCUT2D eigenvalue weighted by Crippen LogP contribution is -2.40. The SMILES string of the molecule is CCCN(CC)Cc1ccc(C(=O)N(CC(=O)O)C(C)C)cc1. The molecule has 0 saturated heterocycles. The maximum atomic E-state index is 12.5. The van der Waals surface area contributed by atoms with Crippen molar-refractivity contribution in [1.29, 1.82) is 0 Å². The third-order valence-corrected chi connectivity index (χ3v) is 3.78. The molecule has 0 radical (unpaired) electrons. The van der Waals surface area contributed by atoms with Crippen molar-refractivity contribution in [3.8, 4) is 0 Å². The number of amides is 1. The second-order valence-electron chi connectivity index (χ2n) is 5.99. The molecule has 1 N–H and O–H groups in total. The Morgan fingerprint density at radius 2 is 1.74 bits per heavy atom. The molecule has 5 heteroatoms. The largest absolute Gasteiger partial charge is 0.480 e. The minimum absolute atomic E-state index is 0.154. The van der Waals surface area contributed by atoms with Crippen LogP contribution in [0, 0.1) is 0 Å². The first-order chi connectivity index (χ1) is 10.9. The van der Waals surface area contributed by atoms with Crippen LogP contribution in [0.4, 0.5) is 0 Å². The fourth-order valence-electron chi connectivity index (χ4n) is 2.48. The molecule has 0 unspecified atom stereocenters. The van der Waals surface area contributed by atoms with E-state index in [2.05, 4.69) is 18.7 Å². The molecule has 0 atom stereocenters. The highest BCUT2D eigenvalue weighted by molar-refractivity contribution is 5.96. The van der Waals surface area contributed by atoms with E-state index in [0.29, 0.717) is 5.56 Å². The van der Waals surface area contributed by atoms with E-state index in [1.807, 2.05) is 26.0 Å². The number of carboxylic acids is 1. The van der Waals surface area contributed by atoms with Crippen molar-refractivity contribution in [2.45, 2.75) is 46.7 Å². The fourth-order valence-corrected chi connectivity index (χ4v) is 2.48. The Hall–Kier alpha value is -1.88. The zero-order chi connectivity index (χ0) is 17.4. The Balaban J connectivity index is 2.81. The van der Waals surface area contributed by atoms with Gasteiger partial charge in [-0.15, -0.1) is 0 Å². The van der Waals surface area contributed by atoms with E-state index in [-0.39, 0.29) is 18.5 Å². The van der Waals surface area contributed by atoms with Gasteiger partial charge in [-0.2, -0.15) is 0 Å². The molecule has 0 saturated carbocycles. The molecule has 5 nitrogen and oxygen atoms in total. The molecule has 0 aliphatic heterocycles. The van der Waals surface area contributed by atoms with Gasteiger partial charge < -0.3 is 10.0 Å². The number of aliphatic carboxylic acids is 1. The van der Waals surface area contributed by atoms with Crippen molar-refractivity contribution in [2.24, 2.45) is 0 Å². The molecule has 0 aliphatic rings. The summed E-state index contributed by atoms with van der Waals surface area (Å²) in [5.41, 5.74) is 1.69. The molecule has 23 heavy (non-hydrogen) atoms. The third-order valence-electron chi connectivity index (χ3n) is 3.78. The number of carbonyl (C=O) groups is 2. The van der Waals surface area contributed by atoms with Crippen molar-refractivity contribution in [3.63, 3.8) is 0 Å². The van der Waals surface area contributed by atoms with Crippen LogP contribution in [0.5, 0.6) is 0 Å². The van der Waals surface area contributed by atoms with Crippen LogP contribution in [0.2, 0.25) is 0 Å². The van der Waals surface area contributed by atoms with Gasteiger partial charge in [-0.3, -0.25) is 14.5 Å². The van der Waals surface area contributed by atoms with E-state index in [9.17, 15) is 9.59 Å². The predicted molar refractivity (Wildman–Crippen MR) is 91.5 cm³/mol. The lowest BCUT2D eigenvalue weighted by Gasteiger charge is -2.25. The molecule has 1 rings (SSSR count). The molecule has 0 heterocycles. The molecule has 0 spiro atoms. The summed E-state index contributed by atoms with van der Waals surface area (Å²) in [6, 6.07) is 7.32. The van der Waals surface area contributed by atoms with Gasteiger partial charge >= 0.3 is 5.97 Å². The number of rotatable bonds is 9. The summed E-state index contributed by atoms with van der Waals surface area (Å²) in [6.45, 7) is 10.6. The first kappa shape index (κ1) is 19.2. The minimum atomic E-state index is -0.998. The Morgan fingerprint density at radius 3 is 2.17 bits per heavy atom. The number of hydrogen-bond acceptors (Lipinski definition) is 3. The predicted octanol–water partition coefficient (Wildman–Crippen LogP) is 2.85. The highest BCUT2D eigenvalue weighted by atomic mass is 16.4. The highest BCUT2D eigenvalue weighted by Gasteiger charge is 2.21. The van der Waals surface area contributed by atoms with Gasteiger partial charge in [0.25, 0.3) is 5.91 Å². The van der Waals surface area contributed by atoms with Crippen LogP contribution < -0.4 is 0 Å². The van der Waals surface area contributed by atoms with E-state index < -0.39 is 5.97 Å². The van der Waals surface area contributed by atoms with Gasteiger partial charge in [0.2, 0.25) is 0 Å². The summed E-state index contributed by atoms with van der Waals surface area (Å²) in [5, 5.41) is 8.95. The maximum absolute atomic E-state index is 12.5. The summed E-state index contributed by atoms with van der Waals surface area (Å²) in [7, 11) is 0. The molecule has 1 amide bonds. The number of hydrogen-bond donors (Lipinski definition) is 1. The van der Waals surface area contributed by atoms with Crippen molar-refractivity contribution >= 4 is 11.9 Å². The molecule has 1 aromatic rings. The quantitative estimate of drug-likeness (QED) is 0.760. The lowest BCUT2D eigenvalue weighted by molar-refractivity contribution is -0.138. The third kappa shape index (κ3) is 6.02. The van der Waals surface area contributed by atoms with Crippen LogP contribution in [-0.4, -0.2) is 52.5 Å². The standard InChI is InChI=1S/C18H28N2O3/c1-5-11-19(6-2)12-15-7-9-16(10-8-15)18(23)20(14(3)4)13-17(21)22/h7-10,14H,5-6,11-13H2,1-4H3,(H,21,22). The summed E-state index contributed by atoms with van der Waals surface area (Å²) in [5.74, 6) is -1.24. The van der Waals surface area contributed by atoms with Gasteiger partial charge in [-0.05, 0) is 51.1 Å². The summed E-state index contributed by atoms with van der Waals surface area (Å²) < 4.78 is 0. The summed E-state index contributed by atoms with van der Waals surface area (Å²) >= 11 is 0. The van der Waals surface area contributed by atoms with Crippen molar-refractivity contribution in [3.05, 3.63) is 35.4 Å². The monoisotopic (exact) mass is 320 g/mol. The van der Waals surface area contributed by atoms with Gasteiger partial charge in [0, 0.05) is 18.2 Å². The van der Waals surface area contributed by atoms with Crippen LogP contribution in [0.3, 0.4) is 0 Å². The smallest absolute Gasteiger partial charge is 0.323 e. The molecule has 0 bridgehead atoms. The Bertz CT molecular complexity index is 512. The highest BCUT2D eigenvalue weighted by Crippen LogP contribution is 2.12. The average Bonchev–Trinajstić information content (AvgIpc) is 2.51. The fraction of sp³-hybridized carbons (Fsp3) is 0.556. The Morgan fingerprint density at radius 1 is 1.13 bits per heavy atom. The normalized spacial score (nSPS) is 11.0. The van der Waals surface area contributed by atoms with Crippen LogP contribution >= 0.6 is 0 Å². The first-order valence-corrected chi connectivity index (χ1v) is 8.23. The number of carbonyl (C=O) groups excluding carboxylic acids is 1. The Kier molecular flexibility index (Phi) is 7.75. The summed E-state index contributed by atoms with van der Waals surface area (Å²) in [4.78, 5) is 27.1. The lowest BCUT2D eigenvalue weighted by atomic mass is 10.1. The molecule has 0 fully saturated rings. The van der Waals surface area contributed by atoms with Gasteiger partial charge in [-0.1, -0.05) is 26.0 Å². The number of carboxylic acid groups (broad SMARTS) is 1. The van der Waals surface area contributed by atoms with E-state index in [1.54, 1.807) is 12.1 Å². The molecular formula is C18H28N2O3. The van der Waals surface area contributed by atoms with Crippen LogP contribution in [0.25, 0.3) is 0 Å². The topological polar surface area (TPSA) is 60.9 Å². The van der Waals surface area contributed by atoms with Crippen LogP contribution in [0.1, 0.15) is 50.0 Å². The van der Waals surface area contributed by atoms with Crippen LogP contribution in [0.15, 0.2) is 24.3 Å². The maximum Gasteiger partial charge on any atom is 0.323 e. The van der Waals surface area contributed by atoms with Gasteiger partial charge in [0.05, 0.1) is 0 Å². The zero-order valence-corrected chi connectivity index (χ0v) is 14.6. The molecule has 128 valence electrons. The van der Waals surface area contributed by atoms with Crippen molar-refractivity contribution < 1.29 is 14.7 Å². The second kappa shape index (κ2) is 9.30. The average molecular weight is 320 g/mol. The van der Waals surface area contributed by atoms with Gasteiger partial charge in [0.1, 0.15) is 6.54 Å². The van der Waals surface area contributed by atoms with E-state index in [4.69, 9.17) is 5.11 Å². The van der Waals surface area contributed by atoms with Gasteiger partial charge in [0.15, 0.2) is 0 Å². The van der Waals surface area contributed by atoms with Gasteiger partial charge in [-0.25, -0.2) is 0 Å². The Labute approximate surface area is 138 Å². The molecule has 0 aromatic heterocycles. The number of benzene rings is 1. The molecule has 0 aliphatic carbocycles. The zero-order valence-electron chi connectivity index (χ0n) is 14.6. The molecular weight excluding hydrogens is 292 g/mol. The van der Waals surface area contributed by atoms with E-state index in [0.717, 1.165) is 31.6 Å². The van der Waals surface area contributed by atoms with E-state index >= 15 is 0 Å². The first-order valence-electron chi connectivity index (χ1n) is 8.23. The van der Waals surface area contributed by atoms with E-state index in [1.165, 1.54) is 4.90 Å². The molecule has 1 aromatic carbocycles. The summed E-state index contributed by atoms with van der Waals surface area (Å²) in [6.07, 6.45) is 1.11. The van der Waals surface area contributed by atoms with Crippen LogP contribution in [-0.2, 0) is 11.3 Å². The minimum Gasteiger partial charge on any atom is -0.480 e. The second-order valence-corrected chi connectivity index (χ2v) is 5.99. The number of nitrogens with zero attached hydrogens (tertiary/aromatic N) is 2.